The largest absolute Gasteiger partial charge is 0.198 e. The number of rotatable bonds is 8. The summed E-state index contributed by atoms with van der Waals surface area (Å²) in [5.41, 5.74) is 7.41. The summed E-state index contributed by atoms with van der Waals surface area (Å²) in [7, 11) is 0. The Balaban J connectivity index is 1.65. The second-order valence-corrected chi connectivity index (χ2v) is 6.99. The van der Waals surface area contributed by atoms with Crippen molar-refractivity contribution < 1.29 is 0 Å². The SMILES string of the molecule is N#CCCCc1ccc(-c2ccc(-c3ccc(CCCC#N)cc3)cc2)cc1. The molecule has 0 aliphatic rings. The van der Waals surface area contributed by atoms with Gasteiger partial charge in [-0.05, 0) is 59.1 Å². The van der Waals surface area contributed by atoms with Gasteiger partial charge in [-0.25, -0.2) is 0 Å². The third-order valence-corrected chi connectivity index (χ3v) is 4.97. The summed E-state index contributed by atoms with van der Waals surface area (Å²) >= 11 is 0. The van der Waals surface area contributed by atoms with Crippen LogP contribution < -0.4 is 0 Å². The summed E-state index contributed by atoms with van der Waals surface area (Å²) in [5, 5.41) is 17.3. The fourth-order valence-electron chi connectivity index (χ4n) is 3.33. The van der Waals surface area contributed by atoms with E-state index in [4.69, 9.17) is 10.5 Å². The van der Waals surface area contributed by atoms with E-state index in [0.29, 0.717) is 12.8 Å². The minimum absolute atomic E-state index is 0.615. The quantitative estimate of drug-likeness (QED) is 0.417. The topological polar surface area (TPSA) is 47.6 Å². The maximum atomic E-state index is 8.64. The van der Waals surface area contributed by atoms with Crippen molar-refractivity contribution in [1.82, 2.24) is 0 Å². The second kappa shape index (κ2) is 10.1. The van der Waals surface area contributed by atoms with Crippen LogP contribution in [0.15, 0.2) is 72.8 Å². The number of unbranched alkanes of at least 4 members (excludes halogenated alkanes) is 2. The minimum atomic E-state index is 0.615. The van der Waals surface area contributed by atoms with Crippen molar-refractivity contribution in [1.29, 1.82) is 10.5 Å². The molecule has 0 radical (unpaired) electrons. The van der Waals surface area contributed by atoms with Gasteiger partial charge in [-0.15, -0.1) is 0 Å². The molecule has 0 bridgehead atoms. The molecular formula is C26H24N2. The Labute approximate surface area is 167 Å². The van der Waals surface area contributed by atoms with Crippen molar-refractivity contribution in [2.45, 2.75) is 38.5 Å². The van der Waals surface area contributed by atoms with Crippen LogP contribution in [0.5, 0.6) is 0 Å². The lowest BCUT2D eigenvalue weighted by Crippen LogP contribution is -1.87. The Morgan fingerprint density at radius 2 is 0.750 bits per heavy atom. The van der Waals surface area contributed by atoms with Gasteiger partial charge >= 0.3 is 0 Å². The molecule has 0 aliphatic heterocycles. The van der Waals surface area contributed by atoms with Crippen LogP contribution in [0, 0.1) is 22.7 Å². The van der Waals surface area contributed by atoms with Crippen molar-refractivity contribution in [2.75, 3.05) is 0 Å². The molecule has 0 heterocycles. The van der Waals surface area contributed by atoms with Gasteiger partial charge in [0.05, 0.1) is 12.1 Å². The van der Waals surface area contributed by atoms with E-state index in [1.165, 1.54) is 33.4 Å². The lowest BCUT2D eigenvalue weighted by Gasteiger charge is -2.07. The summed E-state index contributed by atoms with van der Waals surface area (Å²) < 4.78 is 0. The summed E-state index contributed by atoms with van der Waals surface area (Å²) in [4.78, 5) is 0. The predicted molar refractivity (Wildman–Crippen MR) is 114 cm³/mol. The zero-order valence-corrected chi connectivity index (χ0v) is 16.1. The fraction of sp³-hybridized carbons (Fsp3) is 0.231. The molecule has 2 nitrogen and oxygen atoms in total. The van der Waals surface area contributed by atoms with Gasteiger partial charge in [-0.3, -0.25) is 0 Å². The molecule has 0 aliphatic carbocycles. The van der Waals surface area contributed by atoms with E-state index in [1.54, 1.807) is 0 Å². The number of nitrogens with zero attached hydrogens (tertiary/aromatic N) is 2. The molecule has 2 heteroatoms. The number of hydrogen-bond acceptors (Lipinski definition) is 2. The average Bonchev–Trinajstić information content (AvgIpc) is 2.75. The Hall–Kier alpha value is -3.36. The van der Waals surface area contributed by atoms with Gasteiger partial charge in [0.25, 0.3) is 0 Å². The van der Waals surface area contributed by atoms with E-state index in [1.807, 2.05) is 0 Å². The Morgan fingerprint density at radius 1 is 0.464 bits per heavy atom. The molecule has 0 N–H and O–H groups in total. The third-order valence-electron chi connectivity index (χ3n) is 4.97. The van der Waals surface area contributed by atoms with Crippen LogP contribution in [0.1, 0.15) is 36.8 Å². The van der Waals surface area contributed by atoms with Crippen molar-refractivity contribution in [3.63, 3.8) is 0 Å². The Morgan fingerprint density at radius 3 is 1.04 bits per heavy atom. The Bertz CT molecular complexity index is 871. The lowest BCUT2D eigenvalue weighted by molar-refractivity contribution is 0.850. The summed E-state index contributed by atoms with van der Waals surface area (Å²) in [6, 6.07) is 30.3. The van der Waals surface area contributed by atoms with Crippen molar-refractivity contribution >= 4 is 0 Å². The maximum Gasteiger partial charge on any atom is 0.0621 e. The lowest BCUT2D eigenvalue weighted by atomic mass is 9.98. The summed E-state index contributed by atoms with van der Waals surface area (Å²) in [5.74, 6) is 0. The van der Waals surface area contributed by atoms with Gasteiger partial charge in [0.1, 0.15) is 0 Å². The van der Waals surface area contributed by atoms with Gasteiger partial charge in [-0.2, -0.15) is 10.5 Å². The highest BCUT2D eigenvalue weighted by Crippen LogP contribution is 2.26. The molecule has 0 spiro atoms. The van der Waals surface area contributed by atoms with Gasteiger partial charge in [0, 0.05) is 12.8 Å². The van der Waals surface area contributed by atoms with E-state index < -0.39 is 0 Å². The zero-order chi connectivity index (χ0) is 19.6. The second-order valence-electron chi connectivity index (χ2n) is 6.99. The number of aryl methyl sites for hydroxylation is 2. The van der Waals surface area contributed by atoms with Gasteiger partial charge in [-0.1, -0.05) is 72.8 Å². The van der Waals surface area contributed by atoms with E-state index in [0.717, 1.165) is 25.7 Å². The zero-order valence-electron chi connectivity index (χ0n) is 16.1. The van der Waals surface area contributed by atoms with Crippen molar-refractivity contribution in [3.05, 3.63) is 83.9 Å². The van der Waals surface area contributed by atoms with Gasteiger partial charge < -0.3 is 0 Å². The van der Waals surface area contributed by atoms with Crippen LogP contribution in [-0.2, 0) is 12.8 Å². The predicted octanol–water partition coefficient (Wildman–Crippen LogP) is 6.71. The van der Waals surface area contributed by atoms with E-state index in [9.17, 15) is 0 Å². The molecule has 0 atom stereocenters. The summed E-state index contributed by atoms with van der Waals surface area (Å²) in [6.45, 7) is 0. The third kappa shape index (κ3) is 5.32. The number of nitriles is 2. The first-order chi connectivity index (χ1) is 13.8. The van der Waals surface area contributed by atoms with E-state index in [2.05, 4.69) is 84.9 Å². The summed E-state index contributed by atoms with van der Waals surface area (Å²) in [6.07, 6.45) is 4.98. The molecule has 3 rings (SSSR count). The molecule has 3 aromatic carbocycles. The standard InChI is InChI=1S/C26H24N2/c27-19-3-1-5-21-7-11-23(12-8-21)25-15-17-26(18-16-25)24-13-9-22(10-14-24)6-2-4-20-28/h7-18H,1-6H2. The molecule has 0 aromatic heterocycles. The van der Waals surface area contributed by atoms with E-state index in [-0.39, 0.29) is 0 Å². The molecule has 28 heavy (non-hydrogen) atoms. The molecule has 0 saturated heterocycles. The first-order valence-corrected chi connectivity index (χ1v) is 9.83. The van der Waals surface area contributed by atoms with Crippen molar-refractivity contribution in [3.8, 4) is 34.4 Å². The van der Waals surface area contributed by atoms with Crippen LogP contribution in [0.2, 0.25) is 0 Å². The van der Waals surface area contributed by atoms with Gasteiger partial charge in [0.15, 0.2) is 0 Å². The normalized spacial score (nSPS) is 10.2. The van der Waals surface area contributed by atoms with Crippen LogP contribution in [0.4, 0.5) is 0 Å². The van der Waals surface area contributed by atoms with Crippen LogP contribution in [0.3, 0.4) is 0 Å². The highest BCUT2D eigenvalue weighted by molar-refractivity contribution is 5.70. The van der Waals surface area contributed by atoms with Crippen LogP contribution in [-0.4, -0.2) is 0 Å². The molecule has 3 aromatic rings. The number of benzene rings is 3. The van der Waals surface area contributed by atoms with Crippen LogP contribution >= 0.6 is 0 Å². The molecule has 138 valence electrons. The first kappa shape index (κ1) is 19.4. The molecular weight excluding hydrogens is 340 g/mol. The minimum Gasteiger partial charge on any atom is -0.198 e. The average molecular weight is 364 g/mol. The van der Waals surface area contributed by atoms with Crippen molar-refractivity contribution in [2.24, 2.45) is 0 Å². The van der Waals surface area contributed by atoms with Gasteiger partial charge in [0.2, 0.25) is 0 Å². The number of hydrogen-bond donors (Lipinski definition) is 0. The monoisotopic (exact) mass is 364 g/mol. The van der Waals surface area contributed by atoms with E-state index >= 15 is 0 Å². The molecule has 0 fully saturated rings. The molecule has 0 amide bonds. The fourth-order valence-corrected chi connectivity index (χ4v) is 3.33. The smallest absolute Gasteiger partial charge is 0.0621 e. The first-order valence-electron chi connectivity index (χ1n) is 9.83. The molecule has 0 unspecified atom stereocenters. The van der Waals surface area contributed by atoms with Crippen LogP contribution in [0.25, 0.3) is 22.3 Å². The molecule has 0 saturated carbocycles. The highest BCUT2D eigenvalue weighted by atomic mass is 14.2. The maximum absolute atomic E-state index is 8.64. The highest BCUT2D eigenvalue weighted by Gasteiger charge is 2.02. The Kier molecular flexibility index (Phi) is 7.00.